The number of rotatable bonds is 6. The van der Waals surface area contributed by atoms with E-state index in [9.17, 15) is 14.0 Å². The van der Waals surface area contributed by atoms with Gasteiger partial charge in [-0.15, -0.1) is 4.68 Å². The van der Waals surface area contributed by atoms with Crippen molar-refractivity contribution in [3.05, 3.63) is 65.5 Å². The van der Waals surface area contributed by atoms with E-state index in [0.29, 0.717) is 5.69 Å². The molecule has 0 unspecified atom stereocenters. The van der Waals surface area contributed by atoms with Gasteiger partial charge in [0.1, 0.15) is 5.82 Å². The highest BCUT2D eigenvalue weighted by Crippen LogP contribution is 2.13. The maximum atomic E-state index is 12.8. The number of carbonyl (C=O) groups is 2. The summed E-state index contributed by atoms with van der Waals surface area (Å²) in [6, 6.07) is 11.7. The van der Waals surface area contributed by atoms with Gasteiger partial charge in [0.05, 0.1) is 11.3 Å². The fourth-order valence-electron chi connectivity index (χ4n) is 1.95. The van der Waals surface area contributed by atoms with Gasteiger partial charge in [0.15, 0.2) is 5.69 Å². The summed E-state index contributed by atoms with van der Waals surface area (Å²) in [7, 11) is 0. The molecule has 2 rings (SSSR count). The van der Waals surface area contributed by atoms with E-state index in [0.717, 1.165) is 17.3 Å². The number of nitrogens with two attached hydrogens (primary N) is 2. The van der Waals surface area contributed by atoms with E-state index in [1.165, 1.54) is 41.1 Å². The summed E-state index contributed by atoms with van der Waals surface area (Å²) in [6.07, 6.45) is 0. The highest BCUT2D eigenvalue weighted by atomic mass is 32.2. The Kier molecular flexibility index (Phi) is 6.56. The summed E-state index contributed by atoms with van der Waals surface area (Å²) in [6.45, 7) is 0.280. The van der Waals surface area contributed by atoms with Crippen molar-refractivity contribution in [3.8, 4) is 0 Å². The number of amides is 1. The SMILES string of the molecule is N/C(SCC(=O)NCc1ccc(F)cc1)=[N+](\N)c1ccc(C(=O)O)cc1. The number of carboxylic acid groups (broad SMARTS) is 1. The van der Waals surface area contributed by atoms with Gasteiger partial charge in [0.25, 0.3) is 0 Å². The predicted molar refractivity (Wildman–Crippen MR) is 97.4 cm³/mol. The van der Waals surface area contributed by atoms with Crippen LogP contribution in [0.4, 0.5) is 10.1 Å². The van der Waals surface area contributed by atoms with Crippen molar-refractivity contribution >= 4 is 34.5 Å². The molecule has 26 heavy (non-hydrogen) atoms. The molecule has 0 atom stereocenters. The zero-order valence-corrected chi connectivity index (χ0v) is 14.5. The summed E-state index contributed by atoms with van der Waals surface area (Å²) in [5.74, 6) is 4.29. The van der Waals surface area contributed by atoms with Crippen molar-refractivity contribution in [3.63, 3.8) is 0 Å². The van der Waals surface area contributed by atoms with Crippen LogP contribution in [0.25, 0.3) is 0 Å². The number of amidine groups is 1. The molecule has 9 heteroatoms. The van der Waals surface area contributed by atoms with Crippen molar-refractivity contribution in [2.45, 2.75) is 6.54 Å². The number of hydrazone groups is 1. The standard InChI is InChI=1S/C17H17FN4O3S/c18-13-5-1-11(2-6-13)9-21-15(23)10-26-17(19)22(20)14-7-3-12(4-8-14)16(24)25/h1-8,19H,9-10,20H2,(H2,21,23,24,25)/p+1. The number of nitrogens with zero attached hydrogens (tertiary/aromatic N) is 1. The number of carbonyl (C=O) groups excluding carboxylic acids is 1. The predicted octanol–water partition coefficient (Wildman–Crippen LogP) is 1.41. The van der Waals surface area contributed by atoms with Crippen molar-refractivity contribution < 1.29 is 23.8 Å². The highest BCUT2D eigenvalue weighted by Gasteiger charge is 2.13. The summed E-state index contributed by atoms with van der Waals surface area (Å²) < 4.78 is 14.0. The topological polar surface area (TPSA) is 121 Å². The summed E-state index contributed by atoms with van der Waals surface area (Å²) in [4.78, 5) is 22.7. The number of thioether (sulfide) groups is 1. The van der Waals surface area contributed by atoms with E-state index in [2.05, 4.69) is 5.32 Å². The third kappa shape index (κ3) is 5.49. The van der Waals surface area contributed by atoms with Crippen LogP contribution >= 0.6 is 11.8 Å². The molecule has 2 aromatic rings. The Morgan fingerprint density at radius 3 is 2.31 bits per heavy atom. The third-order valence-corrected chi connectivity index (χ3v) is 4.28. The van der Waals surface area contributed by atoms with Crippen LogP contribution < -0.4 is 16.9 Å². The lowest BCUT2D eigenvalue weighted by atomic mass is 10.2. The number of hydrogen-bond acceptors (Lipinski definition) is 4. The first kappa shape index (κ1) is 19.3. The Balaban J connectivity index is 1.88. The molecule has 6 N–H and O–H groups in total. The number of hydrazine groups is 1. The van der Waals surface area contributed by atoms with Gasteiger partial charge in [-0.2, -0.15) is 0 Å². The van der Waals surface area contributed by atoms with Crippen molar-refractivity contribution in [2.75, 3.05) is 5.75 Å². The monoisotopic (exact) mass is 377 g/mol. The van der Waals surface area contributed by atoms with Gasteiger partial charge in [-0.3, -0.25) is 16.4 Å². The van der Waals surface area contributed by atoms with E-state index in [4.69, 9.17) is 16.7 Å². The molecule has 0 aliphatic rings. The number of carboxylic acids is 1. The lowest BCUT2D eigenvalue weighted by Crippen LogP contribution is -2.31. The van der Waals surface area contributed by atoms with Crippen molar-refractivity contribution in [2.24, 2.45) is 11.6 Å². The summed E-state index contributed by atoms with van der Waals surface area (Å²) in [5.41, 5.74) is 7.27. The maximum absolute atomic E-state index is 12.8. The molecule has 136 valence electrons. The Bertz CT molecular complexity index is 823. The van der Waals surface area contributed by atoms with Crippen LogP contribution in [-0.4, -0.2) is 32.6 Å². The van der Waals surface area contributed by atoms with Gasteiger partial charge in [-0.1, -0.05) is 12.1 Å². The lowest BCUT2D eigenvalue weighted by Gasteiger charge is -2.06. The molecule has 0 bridgehead atoms. The molecule has 0 heterocycles. The van der Waals surface area contributed by atoms with E-state index < -0.39 is 5.97 Å². The second-order valence-corrected chi connectivity index (χ2v) is 6.25. The van der Waals surface area contributed by atoms with Crippen LogP contribution in [0.2, 0.25) is 0 Å². The fraction of sp³-hybridized carbons (Fsp3) is 0.118. The molecule has 0 radical (unpaired) electrons. The highest BCUT2D eigenvalue weighted by molar-refractivity contribution is 8.14. The molecule has 0 aliphatic heterocycles. The Morgan fingerprint density at radius 1 is 1.12 bits per heavy atom. The molecule has 0 saturated heterocycles. The molecule has 1 amide bonds. The third-order valence-electron chi connectivity index (χ3n) is 3.38. The van der Waals surface area contributed by atoms with Gasteiger partial charge < -0.3 is 10.4 Å². The first-order valence-electron chi connectivity index (χ1n) is 7.51. The van der Waals surface area contributed by atoms with E-state index in [1.807, 2.05) is 0 Å². The van der Waals surface area contributed by atoms with Crippen LogP contribution in [0, 0.1) is 5.82 Å². The number of nitrogens with one attached hydrogen (secondary N) is 1. The van der Waals surface area contributed by atoms with Gasteiger partial charge in [0.2, 0.25) is 5.91 Å². The smallest absolute Gasteiger partial charge is 0.335 e. The summed E-state index contributed by atoms with van der Waals surface area (Å²) in [5, 5.41) is 11.8. The minimum absolute atomic E-state index is 0.0495. The fourth-order valence-corrected chi connectivity index (χ4v) is 2.58. The first-order chi connectivity index (χ1) is 12.4. The quantitative estimate of drug-likeness (QED) is 0.199. The zero-order chi connectivity index (χ0) is 19.1. The first-order valence-corrected chi connectivity index (χ1v) is 8.50. The molecule has 0 aromatic heterocycles. The zero-order valence-electron chi connectivity index (χ0n) is 13.7. The minimum Gasteiger partial charge on any atom is -0.478 e. The average molecular weight is 377 g/mol. The van der Waals surface area contributed by atoms with Crippen LogP contribution in [0.15, 0.2) is 48.5 Å². The minimum atomic E-state index is -1.04. The van der Waals surface area contributed by atoms with Crippen molar-refractivity contribution in [1.82, 2.24) is 5.32 Å². The second-order valence-electron chi connectivity index (χ2n) is 5.25. The van der Waals surface area contributed by atoms with E-state index >= 15 is 0 Å². The second kappa shape index (κ2) is 8.86. The molecule has 7 nitrogen and oxygen atoms in total. The van der Waals surface area contributed by atoms with Crippen molar-refractivity contribution in [1.29, 1.82) is 0 Å². The van der Waals surface area contributed by atoms with Crippen LogP contribution in [-0.2, 0) is 11.3 Å². The molecule has 0 aliphatic carbocycles. The average Bonchev–Trinajstić information content (AvgIpc) is 2.65. The van der Waals surface area contributed by atoms with Gasteiger partial charge >= 0.3 is 11.1 Å². The molecular formula is C17H18FN4O3S+. The Labute approximate surface area is 153 Å². The van der Waals surface area contributed by atoms with E-state index in [1.54, 1.807) is 12.1 Å². The lowest BCUT2D eigenvalue weighted by molar-refractivity contribution is -0.450. The molecule has 0 spiro atoms. The molecular weight excluding hydrogens is 359 g/mol. The number of halogens is 1. The number of hydrogen-bond donors (Lipinski definition) is 4. The molecule has 0 saturated carbocycles. The normalized spacial score (nSPS) is 11.6. The van der Waals surface area contributed by atoms with Crippen LogP contribution in [0.3, 0.4) is 0 Å². The Hall–Kier alpha value is -3.07. The van der Waals surface area contributed by atoms with Crippen LogP contribution in [0.5, 0.6) is 0 Å². The van der Waals surface area contributed by atoms with Gasteiger partial charge in [-0.25, -0.2) is 9.18 Å². The maximum Gasteiger partial charge on any atom is 0.335 e. The van der Waals surface area contributed by atoms with E-state index in [-0.39, 0.29) is 34.8 Å². The van der Waals surface area contributed by atoms with Gasteiger partial charge in [-0.05, 0) is 53.7 Å². The largest absolute Gasteiger partial charge is 0.478 e. The van der Waals surface area contributed by atoms with Crippen LogP contribution in [0.1, 0.15) is 15.9 Å². The van der Waals surface area contributed by atoms with Gasteiger partial charge in [0, 0.05) is 6.54 Å². The summed E-state index contributed by atoms with van der Waals surface area (Å²) >= 11 is 1.04. The number of aromatic carboxylic acids is 1. The Morgan fingerprint density at radius 2 is 1.73 bits per heavy atom. The molecule has 2 aromatic carbocycles. The molecule has 0 fully saturated rings. The number of benzene rings is 2.